The van der Waals surface area contributed by atoms with E-state index in [1.165, 1.54) is 24.3 Å². The third-order valence-electron chi connectivity index (χ3n) is 4.16. The first-order valence-corrected chi connectivity index (χ1v) is 10.7. The molecule has 4 aromatic rings. The summed E-state index contributed by atoms with van der Waals surface area (Å²) in [4.78, 5) is 19.0. The van der Waals surface area contributed by atoms with Gasteiger partial charge >= 0.3 is 0 Å². The number of fused-ring (bicyclic) bond motifs is 1. The first kappa shape index (κ1) is 20.5. The van der Waals surface area contributed by atoms with E-state index in [1.54, 1.807) is 42.5 Å². The van der Waals surface area contributed by atoms with E-state index >= 15 is 0 Å². The van der Waals surface area contributed by atoms with E-state index in [1.807, 2.05) is 0 Å². The number of hydrogen-bond acceptors (Lipinski definition) is 7. The molecule has 11 heteroatoms. The number of hydrogen-bond donors (Lipinski definition) is 1. The van der Waals surface area contributed by atoms with Crippen LogP contribution < -0.4 is 9.46 Å². The Hall–Kier alpha value is -3.76. The SMILES string of the molecule is O=[N+]([O-])c1ccc(Oc2nc3ccccc3nc2NS(=O)(=O)c2ccccc2)c(Cl)c1. The van der Waals surface area contributed by atoms with Crippen molar-refractivity contribution in [3.05, 3.63) is 87.9 Å². The van der Waals surface area contributed by atoms with Crippen LogP contribution in [0.2, 0.25) is 5.02 Å². The number of nitro benzene ring substituents is 1. The molecular weight excluding hydrogens is 444 g/mol. The molecule has 0 aliphatic carbocycles. The fraction of sp³-hybridized carbons (Fsp3) is 0. The van der Waals surface area contributed by atoms with Crippen LogP contribution in [-0.2, 0) is 10.0 Å². The predicted molar refractivity (Wildman–Crippen MR) is 115 cm³/mol. The molecule has 31 heavy (non-hydrogen) atoms. The number of rotatable bonds is 6. The van der Waals surface area contributed by atoms with Gasteiger partial charge in [-0.05, 0) is 30.3 Å². The summed E-state index contributed by atoms with van der Waals surface area (Å²) in [5.74, 6) is -0.261. The van der Waals surface area contributed by atoms with E-state index in [0.29, 0.717) is 11.0 Å². The molecule has 156 valence electrons. The molecule has 0 fully saturated rings. The predicted octanol–water partition coefficient (Wildman–Crippen LogP) is 4.78. The molecular formula is C20H13ClN4O5S. The molecule has 0 spiro atoms. The number of aromatic nitrogens is 2. The summed E-state index contributed by atoms with van der Waals surface area (Å²) in [6.07, 6.45) is 0. The van der Waals surface area contributed by atoms with Crippen LogP contribution in [0, 0.1) is 10.1 Å². The Morgan fingerprint density at radius 1 is 0.935 bits per heavy atom. The molecule has 1 N–H and O–H groups in total. The molecule has 1 heterocycles. The van der Waals surface area contributed by atoms with Crippen LogP contribution in [0.5, 0.6) is 11.6 Å². The van der Waals surface area contributed by atoms with Gasteiger partial charge in [0.05, 0.1) is 25.9 Å². The smallest absolute Gasteiger partial charge is 0.271 e. The summed E-state index contributed by atoms with van der Waals surface area (Å²) in [5, 5.41) is 10.9. The number of benzene rings is 3. The summed E-state index contributed by atoms with van der Waals surface area (Å²) in [7, 11) is -3.98. The number of nitro groups is 1. The lowest BCUT2D eigenvalue weighted by Gasteiger charge is -2.13. The minimum atomic E-state index is -3.98. The molecule has 0 aliphatic heterocycles. The van der Waals surface area contributed by atoms with Crippen LogP contribution in [0.3, 0.4) is 0 Å². The third kappa shape index (κ3) is 4.39. The van der Waals surface area contributed by atoms with Crippen LogP contribution in [0.25, 0.3) is 11.0 Å². The van der Waals surface area contributed by atoms with Gasteiger partial charge in [-0.3, -0.25) is 14.8 Å². The van der Waals surface area contributed by atoms with Crippen molar-refractivity contribution in [1.82, 2.24) is 9.97 Å². The Labute approximate surface area is 181 Å². The number of para-hydroxylation sites is 2. The lowest BCUT2D eigenvalue weighted by atomic mass is 10.3. The fourth-order valence-electron chi connectivity index (χ4n) is 2.70. The van der Waals surface area contributed by atoms with Gasteiger partial charge in [0.25, 0.3) is 21.6 Å². The number of ether oxygens (including phenoxy) is 1. The van der Waals surface area contributed by atoms with Gasteiger partial charge in [0, 0.05) is 12.1 Å². The largest absolute Gasteiger partial charge is 0.434 e. The monoisotopic (exact) mass is 456 g/mol. The topological polar surface area (TPSA) is 124 Å². The molecule has 9 nitrogen and oxygen atoms in total. The van der Waals surface area contributed by atoms with Gasteiger partial charge in [-0.2, -0.15) is 0 Å². The Balaban J connectivity index is 1.78. The van der Waals surface area contributed by atoms with Crippen molar-refractivity contribution in [3.63, 3.8) is 0 Å². The van der Waals surface area contributed by atoms with Crippen LogP contribution in [0.4, 0.5) is 11.5 Å². The quantitative estimate of drug-likeness (QED) is 0.327. The van der Waals surface area contributed by atoms with Crippen LogP contribution in [0.15, 0.2) is 77.7 Å². The normalized spacial score (nSPS) is 11.3. The van der Waals surface area contributed by atoms with Crippen molar-refractivity contribution >= 4 is 44.2 Å². The van der Waals surface area contributed by atoms with Crippen molar-refractivity contribution < 1.29 is 18.1 Å². The van der Waals surface area contributed by atoms with Crippen molar-refractivity contribution in [3.8, 4) is 11.6 Å². The fourth-order valence-corrected chi connectivity index (χ4v) is 3.93. The summed E-state index contributed by atoms with van der Waals surface area (Å²) < 4.78 is 33.7. The highest BCUT2D eigenvalue weighted by atomic mass is 35.5. The maximum atomic E-state index is 12.8. The zero-order valence-corrected chi connectivity index (χ0v) is 17.2. The molecule has 3 aromatic carbocycles. The van der Waals surface area contributed by atoms with Gasteiger partial charge in [-0.25, -0.2) is 18.4 Å². The maximum absolute atomic E-state index is 12.8. The molecule has 0 radical (unpaired) electrons. The average Bonchev–Trinajstić information content (AvgIpc) is 2.75. The highest BCUT2D eigenvalue weighted by Gasteiger charge is 2.21. The molecule has 0 atom stereocenters. The molecule has 1 aromatic heterocycles. The van der Waals surface area contributed by atoms with E-state index in [2.05, 4.69) is 14.7 Å². The first-order chi connectivity index (χ1) is 14.8. The van der Waals surface area contributed by atoms with E-state index in [0.717, 1.165) is 6.07 Å². The number of nitrogens with one attached hydrogen (secondary N) is 1. The second-order valence-corrected chi connectivity index (χ2v) is 8.35. The lowest BCUT2D eigenvalue weighted by Crippen LogP contribution is -2.15. The standard InChI is InChI=1S/C20H13ClN4O5S/c21-15-12-13(25(26)27)10-11-18(15)30-20-19(22-16-8-4-5-9-17(16)23-20)24-31(28,29)14-6-2-1-3-7-14/h1-12H,(H,22,24). The third-order valence-corrected chi connectivity index (χ3v) is 5.81. The average molecular weight is 457 g/mol. The maximum Gasteiger partial charge on any atom is 0.271 e. The van der Waals surface area contributed by atoms with Gasteiger partial charge in [0.1, 0.15) is 5.75 Å². The second-order valence-electron chi connectivity index (χ2n) is 6.26. The van der Waals surface area contributed by atoms with Crippen molar-refractivity contribution in [2.45, 2.75) is 4.90 Å². The Morgan fingerprint density at radius 3 is 2.23 bits per heavy atom. The minimum Gasteiger partial charge on any atom is -0.434 e. The van der Waals surface area contributed by atoms with Gasteiger partial charge in [0.2, 0.25) is 5.82 Å². The summed E-state index contributed by atoms with van der Waals surface area (Å²) >= 11 is 6.11. The Morgan fingerprint density at radius 2 is 1.58 bits per heavy atom. The Bertz CT molecular complexity index is 1400. The van der Waals surface area contributed by atoms with Gasteiger partial charge in [-0.1, -0.05) is 41.9 Å². The second kappa shape index (κ2) is 8.17. The van der Waals surface area contributed by atoms with Crippen LogP contribution in [-0.4, -0.2) is 23.3 Å². The summed E-state index contributed by atoms with van der Waals surface area (Å²) in [6.45, 7) is 0. The van der Waals surface area contributed by atoms with Gasteiger partial charge in [0.15, 0.2) is 0 Å². The zero-order valence-electron chi connectivity index (χ0n) is 15.6. The number of sulfonamides is 1. The van der Waals surface area contributed by atoms with Crippen LogP contribution >= 0.6 is 11.6 Å². The van der Waals surface area contributed by atoms with E-state index in [-0.39, 0.29) is 33.1 Å². The zero-order chi connectivity index (χ0) is 22.0. The van der Waals surface area contributed by atoms with E-state index < -0.39 is 14.9 Å². The lowest BCUT2D eigenvalue weighted by molar-refractivity contribution is -0.384. The summed E-state index contributed by atoms with van der Waals surface area (Å²) in [6, 6.07) is 18.2. The molecule has 0 bridgehead atoms. The molecule has 0 amide bonds. The van der Waals surface area contributed by atoms with Crippen molar-refractivity contribution in [2.24, 2.45) is 0 Å². The molecule has 0 aliphatic rings. The number of nitrogens with zero attached hydrogens (tertiary/aromatic N) is 3. The van der Waals surface area contributed by atoms with Gasteiger partial charge in [-0.15, -0.1) is 0 Å². The molecule has 0 unspecified atom stereocenters. The highest BCUT2D eigenvalue weighted by molar-refractivity contribution is 7.92. The van der Waals surface area contributed by atoms with Gasteiger partial charge < -0.3 is 4.74 Å². The number of non-ortho nitro benzene ring substituents is 1. The highest BCUT2D eigenvalue weighted by Crippen LogP contribution is 2.35. The number of anilines is 1. The van der Waals surface area contributed by atoms with Crippen molar-refractivity contribution in [2.75, 3.05) is 4.72 Å². The van der Waals surface area contributed by atoms with Crippen LogP contribution in [0.1, 0.15) is 0 Å². The van der Waals surface area contributed by atoms with E-state index in [4.69, 9.17) is 16.3 Å². The van der Waals surface area contributed by atoms with Crippen molar-refractivity contribution in [1.29, 1.82) is 0 Å². The minimum absolute atomic E-state index is 0.0317. The summed E-state index contributed by atoms with van der Waals surface area (Å²) in [5.41, 5.74) is 0.681. The molecule has 0 saturated heterocycles. The van der Waals surface area contributed by atoms with E-state index in [9.17, 15) is 18.5 Å². The molecule has 0 saturated carbocycles. The molecule has 4 rings (SSSR count). The number of halogens is 1. The Kier molecular flexibility index (Phi) is 5.40. The first-order valence-electron chi connectivity index (χ1n) is 8.80.